The summed E-state index contributed by atoms with van der Waals surface area (Å²) in [4.78, 5) is 2.18. The van der Waals surface area contributed by atoms with Gasteiger partial charge in [0.25, 0.3) is 0 Å². The van der Waals surface area contributed by atoms with E-state index in [1.807, 2.05) is 6.92 Å². The van der Waals surface area contributed by atoms with Crippen molar-refractivity contribution in [3.63, 3.8) is 0 Å². The summed E-state index contributed by atoms with van der Waals surface area (Å²) in [5, 5.41) is 3.24. The molecular formula is C16H22Cl2F4N2O. The molecule has 144 valence electrons. The van der Waals surface area contributed by atoms with Crippen LogP contribution in [-0.4, -0.2) is 37.4 Å². The van der Waals surface area contributed by atoms with E-state index in [9.17, 15) is 17.6 Å². The summed E-state index contributed by atoms with van der Waals surface area (Å²) in [7, 11) is 0. The molecule has 0 radical (unpaired) electrons. The molecule has 0 saturated carbocycles. The van der Waals surface area contributed by atoms with Crippen molar-refractivity contribution >= 4 is 24.8 Å². The molecule has 1 aliphatic rings. The quantitative estimate of drug-likeness (QED) is 0.578. The molecular weight excluding hydrogens is 383 g/mol. The van der Waals surface area contributed by atoms with E-state index >= 15 is 0 Å². The minimum Gasteiger partial charge on any atom is -0.403 e. The number of nitrogens with zero attached hydrogens (tertiary/aromatic N) is 1. The first kappa shape index (κ1) is 24.0. The van der Waals surface area contributed by atoms with Crippen LogP contribution in [0.4, 0.5) is 17.6 Å². The van der Waals surface area contributed by atoms with Gasteiger partial charge in [-0.1, -0.05) is 11.6 Å². The highest BCUT2D eigenvalue weighted by Crippen LogP contribution is 2.32. The van der Waals surface area contributed by atoms with E-state index in [2.05, 4.69) is 21.5 Å². The number of rotatable bonds is 5. The fraction of sp³-hybridized carbons (Fsp3) is 0.500. The lowest BCUT2D eigenvalue weighted by Crippen LogP contribution is -2.45. The first-order valence-electron chi connectivity index (χ1n) is 7.40. The molecule has 0 aliphatic carbocycles. The summed E-state index contributed by atoms with van der Waals surface area (Å²) in [6.07, 6.45) is -4.28. The molecule has 3 nitrogen and oxygen atoms in total. The van der Waals surface area contributed by atoms with Crippen molar-refractivity contribution in [2.75, 3.05) is 26.2 Å². The van der Waals surface area contributed by atoms with Gasteiger partial charge in [-0.3, -0.25) is 4.90 Å². The summed E-state index contributed by atoms with van der Waals surface area (Å²) >= 11 is 0. The molecule has 9 heteroatoms. The second-order valence-electron chi connectivity index (χ2n) is 5.70. The summed E-state index contributed by atoms with van der Waals surface area (Å²) in [5.74, 6) is -1.82. The first-order chi connectivity index (χ1) is 10.8. The molecule has 1 N–H and O–H groups in total. The van der Waals surface area contributed by atoms with Gasteiger partial charge >= 0.3 is 6.36 Å². The molecule has 1 aromatic rings. The third-order valence-electron chi connectivity index (χ3n) is 3.70. The Kier molecular flexibility index (Phi) is 9.79. The van der Waals surface area contributed by atoms with Gasteiger partial charge in [0.2, 0.25) is 0 Å². The molecule has 0 unspecified atom stereocenters. The first-order valence-corrected chi connectivity index (χ1v) is 7.40. The number of hydrogen-bond donors (Lipinski definition) is 1. The van der Waals surface area contributed by atoms with Gasteiger partial charge in [-0.15, -0.1) is 44.6 Å². The number of piperazine rings is 1. The van der Waals surface area contributed by atoms with Crippen molar-refractivity contribution in [1.29, 1.82) is 0 Å². The lowest BCUT2D eigenvalue weighted by molar-refractivity contribution is -0.275. The van der Waals surface area contributed by atoms with Gasteiger partial charge in [0.1, 0.15) is 0 Å². The molecule has 0 amide bonds. The standard InChI is InChI=1S/C16H20F4N2O.2ClH/c1-11(2)9-14(22-7-5-21-6-8-22)12-3-4-15(13(17)10-12)23-16(18,19)20;;/h3-4,10,14,21H,1,5-9H2,2H3;2*1H/t14-;;/m0../s1. The van der Waals surface area contributed by atoms with Gasteiger partial charge in [-0.25, -0.2) is 4.39 Å². The van der Waals surface area contributed by atoms with Gasteiger partial charge < -0.3 is 10.1 Å². The molecule has 1 heterocycles. The number of hydrogen-bond acceptors (Lipinski definition) is 3. The van der Waals surface area contributed by atoms with E-state index in [1.54, 1.807) is 0 Å². The van der Waals surface area contributed by atoms with Crippen LogP contribution in [0.3, 0.4) is 0 Å². The van der Waals surface area contributed by atoms with Gasteiger partial charge in [0, 0.05) is 32.2 Å². The zero-order valence-corrected chi connectivity index (χ0v) is 15.4. The van der Waals surface area contributed by atoms with Crippen LogP contribution in [0, 0.1) is 5.82 Å². The fourth-order valence-electron chi connectivity index (χ4n) is 2.71. The molecule has 0 spiro atoms. The van der Waals surface area contributed by atoms with Gasteiger partial charge in [-0.05, 0) is 31.0 Å². The molecule has 2 rings (SSSR count). The monoisotopic (exact) mass is 404 g/mol. The second kappa shape index (κ2) is 10.2. The summed E-state index contributed by atoms with van der Waals surface area (Å²) in [5.41, 5.74) is 1.56. The molecule has 1 atom stereocenters. The molecule has 1 saturated heterocycles. The smallest absolute Gasteiger partial charge is 0.403 e. The molecule has 1 aromatic carbocycles. The Morgan fingerprint density at radius 3 is 2.36 bits per heavy atom. The maximum absolute atomic E-state index is 14.0. The predicted molar refractivity (Wildman–Crippen MR) is 94.2 cm³/mol. The Morgan fingerprint density at radius 1 is 1.28 bits per heavy atom. The third-order valence-corrected chi connectivity index (χ3v) is 3.70. The van der Waals surface area contributed by atoms with Gasteiger partial charge in [0.15, 0.2) is 11.6 Å². The Bertz CT molecular complexity index is 564. The minimum atomic E-state index is -4.90. The zero-order chi connectivity index (χ0) is 17.0. The van der Waals surface area contributed by atoms with Crippen molar-refractivity contribution in [2.24, 2.45) is 0 Å². The molecule has 0 bridgehead atoms. The summed E-state index contributed by atoms with van der Waals surface area (Å²) in [6.45, 7) is 9.01. The molecule has 1 aliphatic heterocycles. The zero-order valence-electron chi connectivity index (χ0n) is 13.7. The lowest BCUT2D eigenvalue weighted by atomic mass is 9.97. The van der Waals surface area contributed by atoms with Crippen LogP contribution in [-0.2, 0) is 0 Å². The van der Waals surface area contributed by atoms with Crippen LogP contribution < -0.4 is 10.1 Å². The van der Waals surface area contributed by atoms with E-state index in [4.69, 9.17) is 0 Å². The maximum atomic E-state index is 14.0. The van der Waals surface area contributed by atoms with E-state index in [1.165, 1.54) is 6.07 Å². The molecule has 0 aromatic heterocycles. The number of nitrogens with one attached hydrogen (secondary N) is 1. The second-order valence-corrected chi connectivity index (χ2v) is 5.70. The molecule has 25 heavy (non-hydrogen) atoms. The van der Waals surface area contributed by atoms with E-state index in [0.717, 1.165) is 43.9 Å². The van der Waals surface area contributed by atoms with Crippen LogP contribution >= 0.6 is 24.8 Å². The normalized spacial score (nSPS) is 16.4. The van der Waals surface area contributed by atoms with Crippen molar-refractivity contribution in [3.8, 4) is 5.75 Å². The summed E-state index contributed by atoms with van der Waals surface area (Å²) in [6, 6.07) is 3.53. The summed E-state index contributed by atoms with van der Waals surface area (Å²) < 4.78 is 54.3. The average Bonchev–Trinajstić information content (AvgIpc) is 2.46. The van der Waals surface area contributed by atoms with Gasteiger partial charge in [0.05, 0.1) is 0 Å². The van der Waals surface area contributed by atoms with Crippen LogP contribution in [0.15, 0.2) is 30.4 Å². The van der Waals surface area contributed by atoms with Crippen LogP contribution in [0.1, 0.15) is 24.9 Å². The lowest BCUT2D eigenvalue weighted by Gasteiger charge is -2.35. The largest absolute Gasteiger partial charge is 0.573 e. The third kappa shape index (κ3) is 7.40. The highest BCUT2D eigenvalue weighted by atomic mass is 35.5. The number of halogens is 6. The number of benzene rings is 1. The molecule has 1 fully saturated rings. The van der Waals surface area contributed by atoms with Crippen molar-refractivity contribution < 1.29 is 22.3 Å². The van der Waals surface area contributed by atoms with Crippen molar-refractivity contribution in [2.45, 2.75) is 25.7 Å². The van der Waals surface area contributed by atoms with Crippen molar-refractivity contribution in [1.82, 2.24) is 10.2 Å². The van der Waals surface area contributed by atoms with Crippen molar-refractivity contribution in [3.05, 3.63) is 41.7 Å². The Morgan fingerprint density at radius 2 is 1.88 bits per heavy atom. The number of ether oxygens (including phenoxy) is 1. The minimum absolute atomic E-state index is 0. The topological polar surface area (TPSA) is 24.5 Å². The highest BCUT2D eigenvalue weighted by molar-refractivity contribution is 5.85. The van der Waals surface area contributed by atoms with Crippen LogP contribution in [0.2, 0.25) is 0 Å². The van der Waals surface area contributed by atoms with E-state index < -0.39 is 17.9 Å². The van der Waals surface area contributed by atoms with E-state index in [-0.39, 0.29) is 30.9 Å². The van der Waals surface area contributed by atoms with Gasteiger partial charge in [-0.2, -0.15) is 0 Å². The van der Waals surface area contributed by atoms with E-state index in [0.29, 0.717) is 12.0 Å². The SMILES string of the molecule is C=C(C)C[C@@H](c1ccc(OC(F)(F)F)c(F)c1)N1CCNCC1.Cl.Cl. The fourth-order valence-corrected chi connectivity index (χ4v) is 2.71. The highest BCUT2D eigenvalue weighted by Gasteiger charge is 2.32. The Labute approximate surface area is 157 Å². The maximum Gasteiger partial charge on any atom is 0.573 e. The van der Waals surface area contributed by atoms with Crippen LogP contribution in [0.5, 0.6) is 5.75 Å². The predicted octanol–water partition coefficient (Wildman–Crippen LogP) is 4.48. The Balaban J connectivity index is 0.00000288. The number of alkyl halides is 3. The Hall–Kier alpha value is -1.02. The van der Waals surface area contributed by atoms with Crippen LogP contribution in [0.25, 0.3) is 0 Å². The average molecular weight is 405 g/mol.